The fourth-order valence-electron chi connectivity index (χ4n) is 2.41. The highest BCUT2D eigenvalue weighted by Crippen LogP contribution is 2.11. The third-order valence-corrected chi connectivity index (χ3v) is 3.89. The van der Waals surface area contributed by atoms with E-state index >= 15 is 0 Å². The first-order valence-corrected chi connectivity index (χ1v) is 9.35. The predicted molar refractivity (Wildman–Crippen MR) is 106 cm³/mol. The van der Waals surface area contributed by atoms with Crippen molar-refractivity contribution in [3.05, 3.63) is 65.7 Å². The van der Waals surface area contributed by atoms with Crippen LogP contribution in [0.15, 0.2) is 54.6 Å². The molecule has 0 saturated heterocycles. The molecular formula is C22H25NO5. The normalized spacial score (nSPS) is 10.2. The van der Waals surface area contributed by atoms with Gasteiger partial charge in [-0.05, 0) is 36.2 Å². The number of carbonyl (C=O) groups excluding carboxylic acids is 3. The lowest BCUT2D eigenvalue weighted by Gasteiger charge is -2.07. The Hall–Kier alpha value is -3.15. The van der Waals surface area contributed by atoms with E-state index in [2.05, 4.69) is 5.32 Å². The molecule has 0 bridgehead atoms. The number of ether oxygens (including phenoxy) is 2. The van der Waals surface area contributed by atoms with Crippen molar-refractivity contribution in [1.82, 2.24) is 0 Å². The van der Waals surface area contributed by atoms with E-state index in [1.165, 1.54) is 0 Å². The van der Waals surface area contributed by atoms with Gasteiger partial charge in [0.15, 0.2) is 0 Å². The molecule has 6 heteroatoms. The average molecular weight is 383 g/mol. The Labute approximate surface area is 164 Å². The molecule has 1 N–H and O–H groups in total. The molecule has 2 rings (SSSR count). The monoisotopic (exact) mass is 383 g/mol. The van der Waals surface area contributed by atoms with Gasteiger partial charge in [-0.2, -0.15) is 0 Å². The smallest absolute Gasteiger partial charge is 0.338 e. The van der Waals surface area contributed by atoms with Crippen LogP contribution in [0.25, 0.3) is 0 Å². The van der Waals surface area contributed by atoms with Crippen LogP contribution >= 0.6 is 0 Å². The number of anilines is 1. The van der Waals surface area contributed by atoms with Crippen LogP contribution in [-0.4, -0.2) is 31.1 Å². The summed E-state index contributed by atoms with van der Waals surface area (Å²) in [5, 5.41) is 2.69. The number of hydrogen-bond donors (Lipinski definition) is 1. The molecule has 6 nitrogen and oxygen atoms in total. The fraction of sp³-hybridized carbons (Fsp3) is 0.318. The minimum Gasteiger partial charge on any atom is -0.465 e. The van der Waals surface area contributed by atoms with Crippen molar-refractivity contribution in [3.63, 3.8) is 0 Å². The van der Waals surface area contributed by atoms with Crippen LogP contribution in [0.3, 0.4) is 0 Å². The maximum Gasteiger partial charge on any atom is 0.338 e. The minimum absolute atomic E-state index is 0.0159. The van der Waals surface area contributed by atoms with Crippen molar-refractivity contribution in [3.8, 4) is 0 Å². The second kappa shape index (κ2) is 11.5. The minimum atomic E-state index is -0.403. The number of amides is 1. The zero-order valence-electron chi connectivity index (χ0n) is 16.0. The topological polar surface area (TPSA) is 81.7 Å². The molecule has 0 fully saturated rings. The molecule has 0 aromatic heterocycles. The van der Waals surface area contributed by atoms with Crippen molar-refractivity contribution >= 4 is 23.5 Å². The Balaban J connectivity index is 1.67. The number of benzene rings is 2. The highest BCUT2D eigenvalue weighted by molar-refractivity contribution is 5.94. The lowest BCUT2D eigenvalue weighted by atomic mass is 10.2. The van der Waals surface area contributed by atoms with Gasteiger partial charge in [-0.25, -0.2) is 4.79 Å². The van der Waals surface area contributed by atoms with Crippen molar-refractivity contribution in [2.45, 2.75) is 32.6 Å². The molecule has 1 amide bonds. The van der Waals surface area contributed by atoms with Crippen molar-refractivity contribution in [1.29, 1.82) is 0 Å². The Morgan fingerprint density at radius 3 is 2.25 bits per heavy atom. The number of rotatable bonds is 10. The molecule has 0 aliphatic rings. The van der Waals surface area contributed by atoms with Crippen LogP contribution in [0.5, 0.6) is 0 Å². The molecular weight excluding hydrogens is 358 g/mol. The highest BCUT2D eigenvalue weighted by atomic mass is 16.5. The second-order valence-electron chi connectivity index (χ2n) is 6.22. The van der Waals surface area contributed by atoms with Gasteiger partial charge >= 0.3 is 11.9 Å². The first-order valence-electron chi connectivity index (χ1n) is 9.35. The molecule has 0 aliphatic carbocycles. The molecule has 0 heterocycles. The average Bonchev–Trinajstić information content (AvgIpc) is 2.72. The van der Waals surface area contributed by atoms with Gasteiger partial charge in [0, 0.05) is 18.5 Å². The molecule has 148 valence electrons. The van der Waals surface area contributed by atoms with Crippen LogP contribution in [0.4, 0.5) is 5.69 Å². The van der Waals surface area contributed by atoms with E-state index in [1.54, 1.807) is 24.3 Å². The summed E-state index contributed by atoms with van der Waals surface area (Å²) >= 11 is 0. The maximum atomic E-state index is 12.0. The summed E-state index contributed by atoms with van der Waals surface area (Å²) in [4.78, 5) is 35.4. The summed E-state index contributed by atoms with van der Waals surface area (Å²) in [7, 11) is 0. The first-order chi connectivity index (χ1) is 13.6. The predicted octanol–water partition coefficient (Wildman–Crippen LogP) is 3.76. The Morgan fingerprint density at radius 1 is 0.857 bits per heavy atom. The molecule has 0 aliphatic heterocycles. The van der Waals surface area contributed by atoms with Crippen LogP contribution in [-0.2, 0) is 25.5 Å². The third-order valence-electron chi connectivity index (χ3n) is 3.89. The molecule has 0 unspecified atom stereocenters. The van der Waals surface area contributed by atoms with E-state index < -0.39 is 11.9 Å². The van der Waals surface area contributed by atoms with E-state index in [0.29, 0.717) is 30.9 Å². The first kappa shape index (κ1) is 21.2. The molecule has 2 aromatic rings. The van der Waals surface area contributed by atoms with E-state index in [1.807, 2.05) is 37.3 Å². The summed E-state index contributed by atoms with van der Waals surface area (Å²) < 4.78 is 10.2. The van der Waals surface area contributed by atoms with Crippen molar-refractivity contribution < 1.29 is 23.9 Å². The van der Waals surface area contributed by atoms with Gasteiger partial charge in [-0.15, -0.1) is 0 Å². The van der Waals surface area contributed by atoms with Gasteiger partial charge in [0.2, 0.25) is 5.91 Å². The van der Waals surface area contributed by atoms with E-state index in [-0.39, 0.29) is 18.7 Å². The number of hydrogen-bond acceptors (Lipinski definition) is 5. The molecule has 0 radical (unpaired) electrons. The third kappa shape index (κ3) is 7.61. The molecule has 0 saturated carbocycles. The van der Waals surface area contributed by atoms with Gasteiger partial charge in [0.25, 0.3) is 0 Å². The fourth-order valence-corrected chi connectivity index (χ4v) is 2.41. The number of nitrogens with one attached hydrogen (secondary N) is 1. The number of carbonyl (C=O) groups is 3. The zero-order valence-corrected chi connectivity index (χ0v) is 16.0. The standard InChI is InChI=1S/C22H25NO5/c1-2-15-28-22(26)18-8-10-19(11-9-18)23-20(24)12-13-21(25)27-16-14-17-6-4-3-5-7-17/h3-11H,2,12-16H2,1H3,(H,23,24). The summed E-state index contributed by atoms with van der Waals surface area (Å²) in [6.07, 6.45) is 1.45. The van der Waals surface area contributed by atoms with E-state index in [4.69, 9.17) is 9.47 Å². The Bertz CT molecular complexity index is 771. The molecule has 0 atom stereocenters. The second-order valence-corrected chi connectivity index (χ2v) is 6.22. The van der Waals surface area contributed by atoms with Gasteiger partial charge in [-0.1, -0.05) is 37.3 Å². The van der Waals surface area contributed by atoms with Crippen LogP contribution in [0, 0.1) is 0 Å². The van der Waals surface area contributed by atoms with Crippen molar-refractivity contribution in [2.24, 2.45) is 0 Å². The van der Waals surface area contributed by atoms with E-state index in [0.717, 1.165) is 12.0 Å². The SMILES string of the molecule is CCCOC(=O)c1ccc(NC(=O)CCC(=O)OCCc2ccccc2)cc1. The maximum absolute atomic E-state index is 12.0. The van der Waals surface area contributed by atoms with Gasteiger partial charge in [0.1, 0.15) is 0 Å². The largest absolute Gasteiger partial charge is 0.465 e. The van der Waals surface area contributed by atoms with Crippen LogP contribution < -0.4 is 5.32 Å². The highest BCUT2D eigenvalue weighted by Gasteiger charge is 2.10. The van der Waals surface area contributed by atoms with E-state index in [9.17, 15) is 14.4 Å². The molecule has 28 heavy (non-hydrogen) atoms. The van der Waals surface area contributed by atoms with Gasteiger partial charge < -0.3 is 14.8 Å². The Morgan fingerprint density at radius 2 is 1.57 bits per heavy atom. The molecule has 2 aromatic carbocycles. The van der Waals surface area contributed by atoms with Gasteiger partial charge in [0.05, 0.1) is 25.2 Å². The summed E-state index contributed by atoms with van der Waals surface area (Å²) in [5.74, 6) is -1.08. The lowest BCUT2D eigenvalue weighted by Crippen LogP contribution is -2.15. The van der Waals surface area contributed by atoms with Crippen LogP contribution in [0.2, 0.25) is 0 Å². The van der Waals surface area contributed by atoms with Crippen molar-refractivity contribution in [2.75, 3.05) is 18.5 Å². The zero-order chi connectivity index (χ0) is 20.2. The van der Waals surface area contributed by atoms with Gasteiger partial charge in [-0.3, -0.25) is 9.59 Å². The summed E-state index contributed by atoms with van der Waals surface area (Å²) in [5.41, 5.74) is 2.07. The quantitative estimate of drug-likeness (QED) is 0.632. The lowest BCUT2D eigenvalue weighted by molar-refractivity contribution is -0.144. The summed E-state index contributed by atoms with van der Waals surface area (Å²) in [6, 6.07) is 16.2. The summed E-state index contributed by atoms with van der Waals surface area (Å²) in [6.45, 7) is 2.59. The Kier molecular flexibility index (Phi) is 8.72. The van der Waals surface area contributed by atoms with Crippen LogP contribution in [0.1, 0.15) is 42.1 Å². The number of esters is 2. The molecule has 0 spiro atoms.